The molecule has 4 heterocycles. The number of hydrogen-bond donors (Lipinski definition) is 0. The normalized spacial score (nSPS) is 21.1. The number of hydrogen-bond acceptors (Lipinski definition) is 6. The molecule has 31 heavy (non-hydrogen) atoms. The molecule has 0 radical (unpaired) electrons. The fourth-order valence-electron chi connectivity index (χ4n) is 5.15. The van der Waals surface area contributed by atoms with Gasteiger partial charge in [0.1, 0.15) is 5.69 Å². The lowest BCUT2D eigenvalue weighted by Gasteiger charge is -2.41. The Bertz CT molecular complexity index is 1050. The SMILES string of the molecule is Cc1nnc(C2CN(C(=O)c3cncn3C)CC23CCN(Cc2ccccc2)CC3)o1. The molecular formula is C23H28N6O2. The maximum Gasteiger partial charge on any atom is 0.272 e. The molecule has 3 aromatic rings. The summed E-state index contributed by atoms with van der Waals surface area (Å²) in [6.45, 7) is 6.07. The van der Waals surface area contributed by atoms with E-state index in [1.807, 2.05) is 18.9 Å². The van der Waals surface area contributed by atoms with E-state index >= 15 is 0 Å². The summed E-state index contributed by atoms with van der Waals surface area (Å²) in [6, 6.07) is 10.6. The summed E-state index contributed by atoms with van der Waals surface area (Å²) in [4.78, 5) is 21.8. The van der Waals surface area contributed by atoms with E-state index in [2.05, 4.69) is 50.4 Å². The summed E-state index contributed by atoms with van der Waals surface area (Å²) in [5, 5.41) is 8.42. The van der Waals surface area contributed by atoms with Crippen molar-refractivity contribution in [3.05, 3.63) is 65.9 Å². The summed E-state index contributed by atoms with van der Waals surface area (Å²) in [5.41, 5.74) is 1.90. The van der Waals surface area contributed by atoms with E-state index in [0.717, 1.165) is 32.5 Å². The topological polar surface area (TPSA) is 80.3 Å². The van der Waals surface area contributed by atoms with E-state index < -0.39 is 0 Å². The van der Waals surface area contributed by atoms with Crippen LogP contribution in [0, 0.1) is 12.3 Å². The van der Waals surface area contributed by atoms with Crippen molar-refractivity contribution in [1.29, 1.82) is 0 Å². The Morgan fingerprint density at radius 2 is 1.97 bits per heavy atom. The van der Waals surface area contributed by atoms with Crippen molar-refractivity contribution in [3.63, 3.8) is 0 Å². The molecule has 2 aromatic heterocycles. The zero-order chi connectivity index (χ0) is 21.4. The molecular weight excluding hydrogens is 392 g/mol. The van der Waals surface area contributed by atoms with Gasteiger partial charge in [-0.05, 0) is 31.5 Å². The Balaban J connectivity index is 1.36. The van der Waals surface area contributed by atoms with Crippen LogP contribution in [0.5, 0.6) is 0 Å². The van der Waals surface area contributed by atoms with Crippen LogP contribution in [-0.2, 0) is 13.6 Å². The standard InChI is InChI=1S/C23H28N6O2/c1-17-25-26-21(31-17)19-14-29(22(30)20-12-24-16-27(20)2)15-23(19)8-10-28(11-9-23)13-18-6-4-3-5-7-18/h3-7,12,16,19H,8-11,13-15H2,1-2H3. The van der Waals surface area contributed by atoms with Crippen LogP contribution in [0.15, 0.2) is 47.3 Å². The Kier molecular flexibility index (Phi) is 5.09. The highest BCUT2D eigenvalue weighted by Crippen LogP contribution is 2.49. The predicted octanol–water partition coefficient (Wildman–Crippen LogP) is 2.63. The minimum absolute atomic E-state index is 0.0184. The van der Waals surface area contributed by atoms with Gasteiger partial charge in [0.25, 0.3) is 5.91 Å². The Morgan fingerprint density at radius 3 is 2.61 bits per heavy atom. The molecule has 8 nitrogen and oxygen atoms in total. The van der Waals surface area contributed by atoms with Crippen LogP contribution in [-0.4, -0.2) is 61.6 Å². The molecule has 162 valence electrons. The third kappa shape index (κ3) is 3.76. The number of benzene rings is 1. The number of aryl methyl sites for hydroxylation is 2. The molecule has 8 heteroatoms. The van der Waals surface area contributed by atoms with Gasteiger partial charge in [0.05, 0.1) is 18.4 Å². The van der Waals surface area contributed by atoms with Gasteiger partial charge in [-0.15, -0.1) is 10.2 Å². The molecule has 1 aromatic carbocycles. The summed E-state index contributed by atoms with van der Waals surface area (Å²) >= 11 is 0. The van der Waals surface area contributed by atoms with Crippen LogP contribution in [0.4, 0.5) is 0 Å². The molecule has 1 spiro atoms. The molecule has 0 N–H and O–H groups in total. The molecule has 1 unspecified atom stereocenters. The molecule has 2 fully saturated rings. The fraction of sp³-hybridized carbons (Fsp3) is 0.478. The molecule has 2 aliphatic rings. The highest BCUT2D eigenvalue weighted by molar-refractivity contribution is 5.92. The molecule has 2 aliphatic heterocycles. The van der Waals surface area contributed by atoms with E-state index in [4.69, 9.17) is 4.42 Å². The number of aromatic nitrogens is 4. The van der Waals surface area contributed by atoms with E-state index in [9.17, 15) is 4.79 Å². The monoisotopic (exact) mass is 420 g/mol. The van der Waals surface area contributed by atoms with Gasteiger partial charge in [-0.2, -0.15) is 0 Å². The molecule has 1 atom stereocenters. The van der Waals surface area contributed by atoms with Crippen LogP contribution >= 0.6 is 0 Å². The van der Waals surface area contributed by atoms with Crippen LogP contribution < -0.4 is 0 Å². The summed E-state index contributed by atoms with van der Waals surface area (Å²) < 4.78 is 7.65. The van der Waals surface area contributed by atoms with Crippen LogP contribution in [0.2, 0.25) is 0 Å². The first-order valence-electron chi connectivity index (χ1n) is 10.9. The van der Waals surface area contributed by atoms with E-state index in [0.29, 0.717) is 30.6 Å². The van der Waals surface area contributed by atoms with Gasteiger partial charge in [-0.3, -0.25) is 9.69 Å². The van der Waals surface area contributed by atoms with Crippen molar-refractivity contribution in [2.75, 3.05) is 26.2 Å². The lowest BCUT2D eigenvalue weighted by molar-refractivity contribution is 0.0681. The largest absolute Gasteiger partial charge is 0.425 e. The van der Waals surface area contributed by atoms with Gasteiger partial charge < -0.3 is 13.9 Å². The number of nitrogens with zero attached hydrogens (tertiary/aromatic N) is 6. The van der Waals surface area contributed by atoms with E-state index in [1.165, 1.54) is 5.56 Å². The van der Waals surface area contributed by atoms with Crippen molar-refractivity contribution >= 4 is 5.91 Å². The lowest BCUT2D eigenvalue weighted by Crippen LogP contribution is -2.43. The lowest BCUT2D eigenvalue weighted by atomic mass is 9.70. The molecule has 5 rings (SSSR count). The Hall–Kier alpha value is -3.00. The minimum atomic E-state index is -0.0413. The number of piperidine rings is 1. The van der Waals surface area contributed by atoms with Crippen molar-refractivity contribution in [2.45, 2.75) is 32.2 Å². The van der Waals surface area contributed by atoms with Gasteiger partial charge >= 0.3 is 0 Å². The second kappa shape index (κ2) is 7.92. The van der Waals surface area contributed by atoms with Gasteiger partial charge in [0.2, 0.25) is 11.8 Å². The first kappa shape index (κ1) is 19.9. The van der Waals surface area contributed by atoms with Crippen LogP contribution in [0.1, 0.15) is 46.6 Å². The maximum atomic E-state index is 13.2. The summed E-state index contributed by atoms with van der Waals surface area (Å²) in [5.74, 6) is 1.31. The number of likely N-dealkylation sites (tertiary alicyclic amines) is 2. The third-order valence-corrected chi connectivity index (χ3v) is 6.91. The Labute approximate surface area is 181 Å². The Morgan fingerprint density at radius 1 is 1.19 bits per heavy atom. The first-order valence-corrected chi connectivity index (χ1v) is 10.9. The van der Waals surface area contributed by atoms with Gasteiger partial charge in [0.15, 0.2) is 0 Å². The molecule has 0 aliphatic carbocycles. The third-order valence-electron chi connectivity index (χ3n) is 6.91. The van der Waals surface area contributed by atoms with Crippen LogP contribution in [0.3, 0.4) is 0 Å². The average molecular weight is 421 g/mol. The van der Waals surface area contributed by atoms with Gasteiger partial charge in [-0.25, -0.2) is 4.98 Å². The van der Waals surface area contributed by atoms with Crippen molar-refractivity contribution < 1.29 is 9.21 Å². The predicted molar refractivity (Wildman–Crippen MR) is 114 cm³/mol. The zero-order valence-electron chi connectivity index (χ0n) is 18.1. The van der Waals surface area contributed by atoms with Gasteiger partial charge in [0, 0.05) is 39.0 Å². The van der Waals surface area contributed by atoms with Crippen LogP contribution in [0.25, 0.3) is 0 Å². The highest BCUT2D eigenvalue weighted by Gasteiger charge is 2.52. The second-order valence-electron chi connectivity index (χ2n) is 8.91. The fourth-order valence-corrected chi connectivity index (χ4v) is 5.15. The highest BCUT2D eigenvalue weighted by atomic mass is 16.4. The zero-order valence-corrected chi connectivity index (χ0v) is 18.1. The first-order chi connectivity index (χ1) is 15.0. The quantitative estimate of drug-likeness (QED) is 0.646. The smallest absolute Gasteiger partial charge is 0.272 e. The van der Waals surface area contributed by atoms with E-state index in [1.54, 1.807) is 17.1 Å². The molecule has 0 saturated carbocycles. The number of amides is 1. The molecule has 1 amide bonds. The molecule has 0 bridgehead atoms. The summed E-state index contributed by atoms with van der Waals surface area (Å²) in [6.07, 6.45) is 5.31. The van der Waals surface area contributed by atoms with Crippen molar-refractivity contribution in [1.82, 2.24) is 29.5 Å². The maximum absolute atomic E-state index is 13.2. The average Bonchev–Trinajstić information content (AvgIpc) is 3.49. The van der Waals surface area contributed by atoms with E-state index in [-0.39, 0.29) is 17.2 Å². The van der Waals surface area contributed by atoms with Gasteiger partial charge in [-0.1, -0.05) is 30.3 Å². The van der Waals surface area contributed by atoms with Crippen molar-refractivity contribution in [3.8, 4) is 0 Å². The summed E-state index contributed by atoms with van der Waals surface area (Å²) in [7, 11) is 1.85. The number of carbonyl (C=O) groups is 1. The second-order valence-corrected chi connectivity index (χ2v) is 8.91. The minimum Gasteiger partial charge on any atom is -0.425 e. The van der Waals surface area contributed by atoms with Crippen molar-refractivity contribution in [2.24, 2.45) is 12.5 Å². The molecule has 2 saturated heterocycles. The number of carbonyl (C=O) groups excluding carboxylic acids is 1. The number of rotatable bonds is 4. The number of imidazole rings is 1.